The number of oxazole rings is 1. The molecule has 2 aromatic heterocycles. The Morgan fingerprint density at radius 3 is 3.03 bits per heavy atom. The quantitative estimate of drug-likeness (QED) is 0.391. The van der Waals surface area contributed by atoms with Crippen LogP contribution in [0.4, 0.5) is 0 Å². The molecule has 29 heavy (non-hydrogen) atoms. The van der Waals surface area contributed by atoms with E-state index < -0.39 is 33.6 Å². The number of thioether (sulfide) groups is 1. The highest BCUT2D eigenvalue weighted by molar-refractivity contribution is 9.10. The maximum absolute atomic E-state index is 13.0. The number of carboxylic acids is 1. The standard InChI is InChI=1S/C17H14BrN3O7S/c1-7(22)27-13(17(18)15(25)20-10(14(23)24)6-29-16(17)20)8-4-12-21(19-8)9-2-3-26-5-11(9)28-12/h4,6,13,16H,2-3,5H2,1H3,(H,23,24)/t13?,16-,17?/m1/s1. The number of alkyl halides is 1. The minimum absolute atomic E-state index is 0.102. The number of nitrogens with zero attached hydrogens (tertiary/aromatic N) is 3. The third-order valence-corrected chi connectivity index (χ3v) is 7.77. The molecule has 1 amide bonds. The Balaban J connectivity index is 1.54. The van der Waals surface area contributed by atoms with Gasteiger partial charge in [0, 0.05) is 24.8 Å². The molecule has 0 aromatic carbocycles. The normalized spacial score (nSPS) is 26.6. The Kier molecular flexibility index (Phi) is 4.09. The van der Waals surface area contributed by atoms with Crippen molar-refractivity contribution < 1.29 is 33.4 Å². The summed E-state index contributed by atoms with van der Waals surface area (Å²) in [5, 5.41) is 14.7. The molecule has 3 aliphatic rings. The van der Waals surface area contributed by atoms with Gasteiger partial charge in [-0.3, -0.25) is 14.5 Å². The molecule has 1 N–H and O–H groups in total. The molecule has 1 saturated heterocycles. The van der Waals surface area contributed by atoms with E-state index in [4.69, 9.17) is 13.9 Å². The van der Waals surface area contributed by atoms with Crippen molar-refractivity contribution in [2.45, 2.75) is 35.8 Å². The smallest absolute Gasteiger partial charge is 0.353 e. The van der Waals surface area contributed by atoms with Crippen molar-refractivity contribution in [3.05, 3.63) is 34.3 Å². The predicted octanol–water partition coefficient (Wildman–Crippen LogP) is 1.58. The lowest BCUT2D eigenvalue weighted by molar-refractivity contribution is -0.162. The molecule has 5 heterocycles. The van der Waals surface area contributed by atoms with Crippen LogP contribution in [0.3, 0.4) is 0 Å². The molecule has 1 fully saturated rings. The molecule has 3 atom stereocenters. The molecule has 0 saturated carbocycles. The zero-order valence-corrected chi connectivity index (χ0v) is 17.4. The number of β-lactam (4-membered cyclic amide) rings is 1. The van der Waals surface area contributed by atoms with Gasteiger partial charge in [-0.1, -0.05) is 15.9 Å². The van der Waals surface area contributed by atoms with E-state index in [9.17, 15) is 19.5 Å². The van der Waals surface area contributed by atoms with E-state index in [2.05, 4.69) is 21.0 Å². The molecule has 2 unspecified atom stereocenters. The second-order valence-electron chi connectivity index (χ2n) is 6.82. The van der Waals surface area contributed by atoms with Crippen LogP contribution in [0, 0.1) is 0 Å². The van der Waals surface area contributed by atoms with Crippen molar-refractivity contribution in [1.29, 1.82) is 0 Å². The third-order valence-electron chi connectivity index (χ3n) is 5.08. The number of hydrogen-bond acceptors (Lipinski definition) is 8. The first kappa shape index (κ1) is 18.7. The Labute approximate surface area is 175 Å². The maximum Gasteiger partial charge on any atom is 0.353 e. The number of aromatic nitrogens is 2. The summed E-state index contributed by atoms with van der Waals surface area (Å²) in [6.45, 7) is 2.15. The molecule has 0 radical (unpaired) electrons. The summed E-state index contributed by atoms with van der Waals surface area (Å²) >= 11 is 4.62. The van der Waals surface area contributed by atoms with Crippen molar-refractivity contribution in [3.8, 4) is 0 Å². The number of carbonyl (C=O) groups excluding carboxylic acids is 2. The van der Waals surface area contributed by atoms with Crippen LogP contribution in [0.25, 0.3) is 5.71 Å². The number of esters is 1. The van der Waals surface area contributed by atoms with Gasteiger partial charge in [0.1, 0.15) is 23.4 Å². The van der Waals surface area contributed by atoms with E-state index in [0.29, 0.717) is 36.8 Å². The largest absolute Gasteiger partial charge is 0.477 e. The number of carbonyl (C=O) groups is 3. The van der Waals surface area contributed by atoms with E-state index >= 15 is 0 Å². The lowest BCUT2D eigenvalue weighted by Gasteiger charge is -2.51. The second kappa shape index (κ2) is 6.34. The topological polar surface area (TPSA) is 124 Å². The summed E-state index contributed by atoms with van der Waals surface area (Å²) in [7, 11) is 0. The molecule has 5 rings (SSSR count). The highest BCUT2D eigenvalue weighted by Gasteiger charge is 2.69. The van der Waals surface area contributed by atoms with Gasteiger partial charge in [-0.05, 0) is 0 Å². The first-order valence-electron chi connectivity index (χ1n) is 8.69. The van der Waals surface area contributed by atoms with Crippen LogP contribution in [0.15, 0.2) is 21.6 Å². The number of rotatable bonds is 4. The minimum atomic E-state index is -1.35. The minimum Gasteiger partial charge on any atom is -0.477 e. The van der Waals surface area contributed by atoms with Crippen molar-refractivity contribution >= 4 is 51.3 Å². The average molecular weight is 484 g/mol. The second-order valence-corrected chi connectivity index (χ2v) is 9.09. The van der Waals surface area contributed by atoms with Gasteiger partial charge in [0.05, 0.1) is 12.3 Å². The fourth-order valence-electron chi connectivity index (χ4n) is 3.79. The van der Waals surface area contributed by atoms with Gasteiger partial charge in [-0.15, -0.1) is 11.8 Å². The summed E-state index contributed by atoms with van der Waals surface area (Å²) in [5.41, 5.74) is 1.56. The van der Waals surface area contributed by atoms with Crippen molar-refractivity contribution in [3.63, 3.8) is 0 Å². The van der Waals surface area contributed by atoms with E-state index in [1.807, 2.05) is 0 Å². The summed E-state index contributed by atoms with van der Waals surface area (Å²) in [6.07, 6.45) is -0.438. The van der Waals surface area contributed by atoms with Crippen LogP contribution >= 0.6 is 27.7 Å². The number of hydrogen-bond donors (Lipinski definition) is 1. The number of amides is 1. The average Bonchev–Trinajstić information content (AvgIpc) is 3.36. The summed E-state index contributed by atoms with van der Waals surface area (Å²) in [4.78, 5) is 37.3. The summed E-state index contributed by atoms with van der Waals surface area (Å²) < 4.78 is 16.9. The van der Waals surface area contributed by atoms with E-state index in [0.717, 1.165) is 5.69 Å². The Bertz CT molecular complexity index is 1110. The van der Waals surface area contributed by atoms with Gasteiger partial charge in [0.25, 0.3) is 5.91 Å². The fraction of sp³-hybridized carbons (Fsp3) is 0.412. The number of aliphatic carboxylic acids is 1. The molecule has 152 valence electrons. The van der Waals surface area contributed by atoms with E-state index in [1.165, 1.54) is 29.0 Å². The molecule has 0 aliphatic carbocycles. The SMILES string of the molecule is CC(=O)OC(c1cc2oc3c(n2n1)CCOC3)C1(Br)C(=O)N2C(C(=O)O)=CS[C@@H]21. The maximum atomic E-state index is 13.0. The van der Waals surface area contributed by atoms with Crippen LogP contribution in [-0.4, -0.2) is 53.8 Å². The summed E-state index contributed by atoms with van der Waals surface area (Å²) in [5.74, 6) is -1.60. The fourth-order valence-corrected chi connectivity index (χ4v) is 6.07. The van der Waals surface area contributed by atoms with E-state index in [-0.39, 0.29) is 5.70 Å². The lowest BCUT2D eigenvalue weighted by atomic mass is 9.89. The Hall–Kier alpha value is -2.31. The molecule has 0 spiro atoms. The van der Waals surface area contributed by atoms with Gasteiger partial charge in [-0.25, -0.2) is 9.31 Å². The van der Waals surface area contributed by atoms with Crippen molar-refractivity contribution in [2.75, 3.05) is 6.61 Å². The van der Waals surface area contributed by atoms with Gasteiger partial charge < -0.3 is 19.0 Å². The summed E-state index contributed by atoms with van der Waals surface area (Å²) in [6, 6.07) is 1.62. The Morgan fingerprint density at radius 2 is 2.31 bits per heavy atom. The molecular weight excluding hydrogens is 470 g/mol. The number of fused-ring (bicyclic) bond motifs is 4. The lowest BCUT2D eigenvalue weighted by Crippen LogP contribution is -2.70. The molecule has 10 nitrogen and oxygen atoms in total. The monoisotopic (exact) mass is 483 g/mol. The number of carboxylic acid groups (broad SMARTS) is 1. The van der Waals surface area contributed by atoms with Crippen LogP contribution < -0.4 is 0 Å². The third kappa shape index (κ3) is 2.52. The molecular formula is C17H14BrN3O7S. The van der Waals surface area contributed by atoms with Crippen LogP contribution in [0.2, 0.25) is 0 Å². The number of ether oxygens (including phenoxy) is 2. The molecule has 2 aromatic rings. The predicted molar refractivity (Wildman–Crippen MR) is 101 cm³/mol. The van der Waals surface area contributed by atoms with Crippen LogP contribution in [-0.2, 0) is 36.9 Å². The van der Waals surface area contributed by atoms with Gasteiger partial charge in [-0.2, -0.15) is 5.10 Å². The van der Waals surface area contributed by atoms with Crippen molar-refractivity contribution in [2.24, 2.45) is 0 Å². The first-order valence-corrected chi connectivity index (χ1v) is 10.4. The van der Waals surface area contributed by atoms with Gasteiger partial charge >= 0.3 is 11.9 Å². The van der Waals surface area contributed by atoms with E-state index in [1.54, 1.807) is 10.6 Å². The zero-order valence-electron chi connectivity index (χ0n) is 15.0. The first-order chi connectivity index (χ1) is 13.8. The van der Waals surface area contributed by atoms with Crippen LogP contribution in [0.5, 0.6) is 0 Å². The Morgan fingerprint density at radius 1 is 1.52 bits per heavy atom. The zero-order chi connectivity index (χ0) is 20.5. The molecule has 0 bridgehead atoms. The molecule has 12 heteroatoms. The number of halogens is 1. The van der Waals surface area contributed by atoms with Crippen molar-refractivity contribution in [1.82, 2.24) is 14.5 Å². The van der Waals surface area contributed by atoms with Crippen LogP contribution in [0.1, 0.15) is 30.2 Å². The van der Waals surface area contributed by atoms with Gasteiger partial charge in [0.2, 0.25) is 5.71 Å². The molecule has 3 aliphatic heterocycles. The highest BCUT2D eigenvalue weighted by Crippen LogP contribution is 2.57. The highest BCUT2D eigenvalue weighted by atomic mass is 79.9. The van der Waals surface area contributed by atoms with Gasteiger partial charge in [0.15, 0.2) is 16.2 Å².